The fraction of sp³-hybridized carbons (Fsp3) is 0.200. The van der Waals surface area contributed by atoms with Gasteiger partial charge in [-0.2, -0.15) is 0 Å². The average molecular weight is 270 g/mol. The molecule has 3 rings (SSSR count). The van der Waals surface area contributed by atoms with Crippen LogP contribution in [0.1, 0.15) is 10.5 Å². The molecule has 20 heavy (non-hydrogen) atoms. The highest BCUT2D eigenvalue weighted by Crippen LogP contribution is 2.33. The van der Waals surface area contributed by atoms with Gasteiger partial charge < -0.3 is 14.4 Å². The third-order valence-corrected chi connectivity index (χ3v) is 3.10. The molecular weight excluding hydrogens is 256 g/mol. The van der Waals surface area contributed by atoms with Crippen molar-refractivity contribution < 1.29 is 14.3 Å². The molecule has 1 aliphatic rings. The van der Waals surface area contributed by atoms with E-state index in [4.69, 9.17) is 9.47 Å². The molecule has 0 atom stereocenters. The van der Waals surface area contributed by atoms with Gasteiger partial charge in [-0.3, -0.25) is 9.78 Å². The third kappa shape index (κ3) is 2.30. The first-order valence-electron chi connectivity index (χ1n) is 6.34. The van der Waals surface area contributed by atoms with Gasteiger partial charge in [-0.25, -0.2) is 0 Å². The summed E-state index contributed by atoms with van der Waals surface area (Å²) in [4.78, 5) is 17.9. The van der Waals surface area contributed by atoms with Crippen LogP contribution in [0.4, 0.5) is 5.69 Å². The fourth-order valence-electron chi connectivity index (χ4n) is 2.02. The number of fused-ring (bicyclic) bond motifs is 1. The van der Waals surface area contributed by atoms with Crippen LogP contribution in [0, 0.1) is 0 Å². The Kier molecular flexibility index (Phi) is 3.25. The number of ether oxygens (including phenoxy) is 2. The van der Waals surface area contributed by atoms with Crippen molar-refractivity contribution in [3.8, 4) is 11.5 Å². The Morgan fingerprint density at radius 3 is 2.70 bits per heavy atom. The molecule has 102 valence electrons. The maximum atomic E-state index is 12.3. The molecule has 5 nitrogen and oxygen atoms in total. The van der Waals surface area contributed by atoms with Crippen LogP contribution in [0.15, 0.2) is 42.6 Å². The predicted molar refractivity (Wildman–Crippen MR) is 74.4 cm³/mol. The van der Waals surface area contributed by atoms with E-state index in [0.29, 0.717) is 30.4 Å². The summed E-state index contributed by atoms with van der Waals surface area (Å²) in [6, 6.07) is 10.7. The maximum Gasteiger partial charge on any atom is 0.276 e. The van der Waals surface area contributed by atoms with E-state index >= 15 is 0 Å². The van der Waals surface area contributed by atoms with Crippen LogP contribution in [0.3, 0.4) is 0 Å². The lowest BCUT2D eigenvalue weighted by Gasteiger charge is -2.22. The average Bonchev–Trinajstić information content (AvgIpc) is 2.54. The Bertz CT molecular complexity index is 628. The molecule has 1 amide bonds. The highest BCUT2D eigenvalue weighted by atomic mass is 16.6. The van der Waals surface area contributed by atoms with Gasteiger partial charge in [0.15, 0.2) is 11.5 Å². The summed E-state index contributed by atoms with van der Waals surface area (Å²) < 4.78 is 11.0. The van der Waals surface area contributed by atoms with Gasteiger partial charge in [0.25, 0.3) is 5.91 Å². The molecule has 5 heteroatoms. The van der Waals surface area contributed by atoms with Crippen LogP contribution in [-0.4, -0.2) is 31.2 Å². The fourth-order valence-corrected chi connectivity index (χ4v) is 2.02. The van der Waals surface area contributed by atoms with E-state index in [2.05, 4.69) is 4.98 Å². The number of anilines is 1. The summed E-state index contributed by atoms with van der Waals surface area (Å²) in [5.74, 6) is 1.20. The number of carbonyl (C=O) groups excluding carboxylic acids is 1. The number of hydrogen-bond acceptors (Lipinski definition) is 4. The molecule has 1 aromatic heterocycles. The van der Waals surface area contributed by atoms with Gasteiger partial charge >= 0.3 is 0 Å². The van der Waals surface area contributed by atoms with Gasteiger partial charge in [0, 0.05) is 25.0 Å². The van der Waals surface area contributed by atoms with Gasteiger partial charge in [-0.1, -0.05) is 6.07 Å². The zero-order valence-electron chi connectivity index (χ0n) is 11.1. The lowest BCUT2D eigenvalue weighted by atomic mass is 10.2. The molecule has 1 aromatic carbocycles. The first kappa shape index (κ1) is 12.5. The molecule has 0 bridgehead atoms. The maximum absolute atomic E-state index is 12.3. The standard InChI is InChI=1S/C15H14N2O3/c1-17(15(18)12-4-2-3-7-16-12)11-5-6-13-14(10-11)20-9-8-19-13/h2-7,10H,8-9H2,1H3. The summed E-state index contributed by atoms with van der Waals surface area (Å²) in [6.07, 6.45) is 1.60. The SMILES string of the molecule is CN(C(=O)c1ccccn1)c1ccc2c(c1)OCCO2. The number of aromatic nitrogens is 1. The number of nitrogens with zero attached hydrogens (tertiary/aromatic N) is 2. The molecule has 0 saturated carbocycles. The minimum absolute atomic E-state index is 0.165. The molecule has 0 unspecified atom stereocenters. The molecule has 0 N–H and O–H groups in total. The highest BCUT2D eigenvalue weighted by molar-refractivity contribution is 6.04. The van der Waals surface area contributed by atoms with Gasteiger partial charge in [-0.05, 0) is 24.3 Å². The molecule has 0 spiro atoms. The van der Waals surface area contributed by atoms with Gasteiger partial charge in [0.1, 0.15) is 18.9 Å². The Hall–Kier alpha value is -2.56. The van der Waals surface area contributed by atoms with E-state index in [0.717, 1.165) is 5.69 Å². The summed E-state index contributed by atoms with van der Waals surface area (Å²) in [5.41, 5.74) is 1.15. The van der Waals surface area contributed by atoms with E-state index in [-0.39, 0.29) is 5.91 Å². The van der Waals surface area contributed by atoms with Crippen LogP contribution in [0.5, 0.6) is 11.5 Å². The molecule has 0 saturated heterocycles. The van der Waals surface area contributed by atoms with Gasteiger partial charge in [-0.15, -0.1) is 0 Å². The smallest absolute Gasteiger partial charge is 0.276 e. The predicted octanol–water partition coefficient (Wildman–Crippen LogP) is 2.13. The number of hydrogen-bond donors (Lipinski definition) is 0. The number of pyridine rings is 1. The molecule has 1 aliphatic heterocycles. The first-order valence-corrected chi connectivity index (χ1v) is 6.34. The van der Waals surface area contributed by atoms with Crippen LogP contribution in [0.2, 0.25) is 0 Å². The Morgan fingerprint density at radius 2 is 1.95 bits per heavy atom. The van der Waals surface area contributed by atoms with Crippen LogP contribution in [-0.2, 0) is 0 Å². The summed E-state index contributed by atoms with van der Waals surface area (Å²) >= 11 is 0. The van der Waals surface area contributed by atoms with Gasteiger partial charge in [0.05, 0.1) is 0 Å². The number of rotatable bonds is 2. The largest absolute Gasteiger partial charge is 0.486 e. The summed E-state index contributed by atoms with van der Waals surface area (Å²) in [5, 5.41) is 0. The van der Waals surface area contributed by atoms with Crippen molar-refractivity contribution in [2.75, 3.05) is 25.2 Å². The Morgan fingerprint density at radius 1 is 1.15 bits per heavy atom. The zero-order chi connectivity index (χ0) is 13.9. The van der Waals surface area contributed by atoms with Gasteiger partial charge in [0.2, 0.25) is 0 Å². The monoisotopic (exact) mass is 270 g/mol. The van der Waals surface area contributed by atoms with Crippen molar-refractivity contribution in [2.24, 2.45) is 0 Å². The summed E-state index contributed by atoms with van der Waals surface area (Å²) in [6.45, 7) is 1.07. The molecule has 0 fully saturated rings. The number of carbonyl (C=O) groups is 1. The topological polar surface area (TPSA) is 51.7 Å². The molecule has 0 aliphatic carbocycles. The van der Waals surface area contributed by atoms with E-state index in [1.165, 1.54) is 0 Å². The Labute approximate surface area is 116 Å². The number of benzene rings is 1. The molecule has 2 heterocycles. The first-order chi connectivity index (χ1) is 9.75. The second-order valence-corrected chi connectivity index (χ2v) is 4.41. The zero-order valence-corrected chi connectivity index (χ0v) is 11.1. The van der Waals surface area contributed by atoms with E-state index < -0.39 is 0 Å². The second-order valence-electron chi connectivity index (χ2n) is 4.41. The highest BCUT2D eigenvalue weighted by Gasteiger charge is 2.18. The van der Waals surface area contributed by atoms with Crippen molar-refractivity contribution in [1.82, 2.24) is 4.98 Å². The minimum atomic E-state index is -0.165. The lowest BCUT2D eigenvalue weighted by Crippen LogP contribution is -2.27. The van der Waals surface area contributed by atoms with Crippen LogP contribution >= 0.6 is 0 Å². The lowest BCUT2D eigenvalue weighted by molar-refractivity contribution is 0.0988. The van der Waals surface area contributed by atoms with Crippen LogP contribution < -0.4 is 14.4 Å². The van der Waals surface area contributed by atoms with E-state index in [1.54, 1.807) is 42.4 Å². The van der Waals surface area contributed by atoms with Crippen molar-refractivity contribution >= 4 is 11.6 Å². The van der Waals surface area contributed by atoms with Crippen molar-refractivity contribution in [1.29, 1.82) is 0 Å². The van der Waals surface area contributed by atoms with Crippen molar-refractivity contribution in [3.63, 3.8) is 0 Å². The quantitative estimate of drug-likeness (QED) is 0.839. The Balaban J connectivity index is 1.87. The molecular formula is C15H14N2O3. The van der Waals surface area contributed by atoms with E-state index in [9.17, 15) is 4.79 Å². The third-order valence-electron chi connectivity index (χ3n) is 3.10. The minimum Gasteiger partial charge on any atom is -0.486 e. The summed E-state index contributed by atoms with van der Waals surface area (Å²) in [7, 11) is 1.71. The molecule has 0 radical (unpaired) electrons. The second kappa shape index (κ2) is 5.21. The normalized spacial score (nSPS) is 12.8. The van der Waals surface area contributed by atoms with Crippen molar-refractivity contribution in [2.45, 2.75) is 0 Å². The van der Waals surface area contributed by atoms with Crippen LogP contribution in [0.25, 0.3) is 0 Å². The van der Waals surface area contributed by atoms with E-state index in [1.807, 2.05) is 12.1 Å². The van der Waals surface area contributed by atoms with Crippen molar-refractivity contribution in [3.05, 3.63) is 48.3 Å². The molecule has 2 aromatic rings. The number of amides is 1.